The van der Waals surface area contributed by atoms with Crippen LogP contribution in [-0.4, -0.2) is 20.6 Å². The predicted molar refractivity (Wildman–Crippen MR) is 136 cm³/mol. The summed E-state index contributed by atoms with van der Waals surface area (Å²) in [5.74, 6) is 0.306. The van der Waals surface area contributed by atoms with E-state index in [9.17, 15) is 13.2 Å². The molecule has 0 aliphatic heterocycles. The predicted octanol–water partition coefficient (Wildman–Crippen LogP) is 5.72. The fourth-order valence-electron chi connectivity index (χ4n) is 3.70. The number of hydrogen-bond acceptors (Lipinski definition) is 3. The number of aryl methyl sites for hydroxylation is 2. The maximum atomic E-state index is 12.9. The minimum atomic E-state index is -3.46. The Hall–Kier alpha value is -3.12. The Labute approximate surface area is 197 Å². The van der Waals surface area contributed by atoms with Crippen molar-refractivity contribution in [1.82, 2.24) is 0 Å². The lowest BCUT2D eigenvalue weighted by Crippen LogP contribution is -2.29. The number of amides is 1. The van der Waals surface area contributed by atoms with Crippen molar-refractivity contribution < 1.29 is 13.2 Å². The molecule has 0 saturated heterocycles. The molecule has 1 amide bonds. The number of rotatable bonds is 8. The van der Waals surface area contributed by atoms with Gasteiger partial charge in [-0.05, 0) is 78.8 Å². The number of hydrogen-bond donors (Lipinski definition) is 1. The summed E-state index contributed by atoms with van der Waals surface area (Å²) >= 11 is 0. The first kappa shape index (κ1) is 24.5. The summed E-state index contributed by atoms with van der Waals surface area (Å²) in [4.78, 5) is 12.9. The highest BCUT2D eigenvalue weighted by atomic mass is 32.2. The molecule has 3 aromatic carbocycles. The average molecular weight is 465 g/mol. The molecule has 6 heteroatoms. The molecule has 0 aliphatic rings. The van der Waals surface area contributed by atoms with E-state index in [2.05, 4.69) is 19.2 Å². The number of carbonyl (C=O) groups is 1. The summed E-state index contributed by atoms with van der Waals surface area (Å²) in [5, 5.41) is 2.96. The van der Waals surface area contributed by atoms with Gasteiger partial charge in [0.1, 0.15) is 0 Å². The molecule has 0 spiro atoms. The molecule has 0 radical (unpaired) electrons. The quantitative estimate of drug-likeness (QED) is 0.464. The average Bonchev–Trinajstić information content (AvgIpc) is 2.74. The van der Waals surface area contributed by atoms with Crippen LogP contribution in [0.4, 0.5) is 11.4 Å². The Kier molecular flexibility index (Phi) is 7.59. The normalized spacial score (nSPS) is 11.5. The van der Waals surface area contributed by atoms with Crippen LogP contribution in [0.15, 0.2) is 66.7 Å². The largest absolute Gasteiger partial charge is 0.322 e. The van der Waals surface area contributed by atoms with E-state index in [0.29, 0.717) is 22.9 Å². The number of sulfonamides is 1. The molecular weight excluding hydrogens is 432 g/mol. The zero-order valence-electron chi connectivity index (χ0n) is 19.9. The van der Waals surface area contributed by atoms with Gasteiger partial charge in [0.25, 0.3) is 5.91 Å². The van der Waals surface area contributed by atoms with Crippen LogP contribution >= 0.6 is 0 Å². The fraction of sp³-hybridized carbons (Fsp3) is 0.296. The second-order valence-electron chi connectivity index (χ2n) is 8.94. The molecular formula is C27H32N2O3S. The number of carbonyl (C=O) groups excluding carboxylic acids is 1. The summed E-state index contributed by atoms with van der Waals surface area (Å²) in [6, 6.07) is 20.6. The van der Waals surface area contributed by atoms with Crippen molar-refractivity contribution in [1.29, 1.82) is 0 Å². The second kappa shape index (κ2) is 10.2. The van der Waals surface area contributed by atoms with Gasteiger partial charge in [-0.2, -0.15) is 0 Å². The number of anilines is 2. The molecule has 0 heterocycles. The summed E-state index contributed by atoms with van der Waals surface area (Å²) < 4.78 is 26.4. The molecule has 1 N–H and O–H groups in total. The van der Waals surface area contributed by atoms with E-state index < -0.39 is 10.0 Å². The Morgan fingerprint density at radius 2 is 1.61 bits per heavy atom. The number of nitrogens with zero attached hydrogens (tertiary/aromatic N) is 1. The van der Waals surface area contributed by atoms with Crippen molar-refractivity contribution in [3.63, 3.8) is 0 Å². The Morgan fingerprint density at radius 1 is 0.939 bits per heavy atom. The SMILES string of the molecule is Cc1ccc(N(Cc2ccc(NC(=O)c3ccccc3CC(C)C)cc2)S(C)(=O)=O)cc1C. The van der Waals surface area contributed by atoms with Crippen LogP contribution in [0.2, 0.25) is 0 Å². The maximum absolute atomic E-state index is 12.9. The van der Waals surface area contributed by atoms with Crippen LogP contribution in [0, 0.1) is 19.8 Å². The molecule has 0 atom stereocenters. The first-order valence-corrected chi connectivity index (χ1v) is 12.9. The van der Waals surface area contributed by atoms with E-state index in [1.807, 2.05) is 68.4 Å². The van der Waals surface area contributed by atoms with E-state index in [1.54, 1.807) is 12.1 Å². The third-order valence-corrected chi connectivity index (χ3v) is 6.75. The van der Waals surface area contributed by atoms with Gasteiger partial charge in [0.2, 0.25) is 10.0 Å². The topological polar surface area (TPSA) is 66.5 Å². The van der Waals surface area contributed by atoms with Gasteiger partial charge in [0.15, 0.2) is 0 Å². The highest BCUT2D eigenvalue weighted by Crippen LogP contribution is 2.24. The lowest BCUT2D eigenvalue weighted by atomic mass is 9.97. The molecule has 0 saturated carbocycles. The van der Waals surface area contributed by atoms with Gasteiger partial charge in [-0.25, -0.2) is 8.42 Å². The lowest BCUT2D eigenvalue weighted by molar-refractivity contribution is 0.102. The number of nitrogens with one attached hydrogen (secondary N) is 1. The molecule has 0 unspecified atom stereocenters. The molecule has 0 aromatic heterocycles. The minimum absolute atomic E-state index is 0.146. The highest BCUT2D eigenvalue weighted by Gasteiger charge is 2.19. The minimum Gasteiger partial charge on any atom is -0.322 e. The van der Waals surface area contributed by atoms with Crippen molar-refractivity contribution in [2.75, 3.05) is 15.9 Å². The summed E-state index contributed by atoms with van der Waals surface area (Å²) in [7, 11) is -3.46. The zero-order chi connectivity index (χ0) is 24.2. The smallest absolute Gasteiger partial charge is 0.255 e. The van der Waals surface area contributed by atoms with Crippen LogP contribution in [0.5, 0.6) is 0 Å². The third kappa shape index (κ3) is 6.45. The van der Waals surface area contributed by atoms with E-state index in [4.69, 9.17) is 0 Å². The van der Waals surface area contributed by atoms with E-state index in [0.717, 1.165) is 28.7 Å². The molecule has 0 fully saturated rings. The summed E-state index contributed by atoms with van der Waals surface area (Å²) in [6.45, 7) is 8.44. The van der Waals surface area contributed by atoms with Crippen LogP contribution in [0.1, 0.15) is 46.5 Å². The highest BCUT2D eigenvalue weighted by molar-refractivity contribution is 7.92. The van der Waals surface area contributed by atoms with Crippen LogP contribution in [-0.2, 0) is 23.0 Å². The van der Waals surface area contributed by atoms with E-state index in [-0.39, 0.29) is 12.5 Å². The van der Waals surface area contributed by atoms with Crippen LogP contribution < -0.4 is 9.62 Å². The molecule has 3 rings (SSSR count). The van der Waals surface area contributed by atoms with Crippen molar-refractivity contribution >= 4 is 27.3 Å². The lowest BCUT2D eigenvalue weighted by Gasteiger charge is -2.23. The van der Waals surface area contributed by atoms with Crippen molar-refractivity contribution in [2.24, 2.45) is 5.92 Å². The third-order valence-electron chi connectivity index (χ3n) is 5.61. The van der Waals surface area contributed by atoms with Gasteiger partial charge in [-0.3, -0.25) is 9.10 Å². The molecule has 33 heavy (non-hydrogen) atoms. The van der Waals surface area contributed by atoms with Crippen LogP contribution in [0.25, 0.3) is 0 Å². The van der Waals surface area contributed by atoms with Crippen molar-refractivity contribution in [3.05, 3.63) is 94.5 Å². The van der Waals surface area contributed by atoms with Crippen molar-refractivity contribution in [2.45, 2.75) is 40.7 Å². The summed E-state index contributed by atoms with van der Waals surface area (Å²) in [5.41, 5.74) is 5.99. The van der Waals surface area contributed by atoms with Gasteiger partial charge < -0.3 is 5.32 Å². The van der Waals surface area contributed by atoms with Gasteiger partial charge in [0.05, 0.1) is 18.5 Å². The molecule has 3 aromatic rings. The van der Waals surface area contributed by atoms with Gasteiger partial charge in [-0.15, -0.1) is 0 Å². The first-order valence-electron chi connectivity index (χ1n) is 11.1. The monoisotopic (exact) mass is 464 g/mol. The van der Waals surface area contributed by atoms with Crippen molar-refractivity contribution in [3.8, 4) is 0 Å². The van der Waals surface area contributed by atoms with E-state index in [1.165, 1.54) is 10.6 Å². The molecule has 174 valence electrons. The van der Waals surface area contributed by atoms with Gasteiger partial charge in [0, 0.05) is 11.3 Å². The Morgan fingerprint density at radius 3 is 2.21 bits per heavy atom. The standard InChI is InChI=1S/C27H32N2O3S/c1-19(2)16-23-8-6-7-9-26(23)27(30)28-24-13-11-22(12-14-24)18-29(33(5,31)32)25-15-10-20(3)21(4)17-25/h6-15,17,19H,16,18H2,1-5H3,(H,28,30). The second-order valence-corrected chi connectivity index (χ2v) is 10.9. The number of benzene rings is 3. The molecule has 0 bridgehead atoms. The van der Waals surface area contributed by atoms with E-state index >= 15 is 0 Å². The van der Waals surface area contributed by atoms with Gasteiger partial charge >= 0.3 is 0 Å². The van der Waals surface area contributed by atoms with Gasteiger partial charge in [-0.1, -0.05) is 50.2 Å². The first-order chi connectivity index (χ1) is 15.5. The Balaban J connectivity index is 1.77. The maximum Gasteiger partial charge on any atom is 0.255 e. The van der Waals surface area contributed by atoms with Crippen LogP contribution in [0.3, 0.4) is 0 Å². The zero-order valence-corrected chi connectivity index (χ0v) is 20.7. The summed E-state index contributed by atoms with van der Waals surface area (Å²) in [6.07, 6.45) is 2.05. The fourth-order valence-corrected chi connectivity index (χ4v) is 4.58. The molecule has 0 aliphatic carbocycles. The molecule has 5 nitrogen and oxygen atoms in total. The Bertz CT molecular complexity index is 1230.